The largest absolute Gasteiger partial charge is 0.454 e. The van der Waals surface area contributed by atoms with Gasteiger partial charge in [-0.05, 0) is 59.7 Å². The normalized spacial score (nSPS) is 17.7. The number of hydrogen-bond donors (Lipinski definition) is 0. The number of anilines is 2. The van der Waals surface area contributed by atoms with Gasteiger partial charge in [-0.2, -0.15) is 0 Å². The molecule has 4 aliphatic heterocycles. The number of carbonyl (C=O) groups is 2. The van der Waals surface area contributed by atoms with Crippen LogP contribution in [0.2, 0.25) is 0 Å². The maximum atomic E-state index is 14.0. The quantitative estimate of drug-likeness (QED) is 0.216. The summed E-state index contributed by atoms with van der Waals surface area (Å²) in [5, 5.41) is 0. The molecule has 4 aliphatic rings. The Morgan fingerprint density at radius 1 is 0.510 bits per heavy atom. The van der Waals surface area contributed by atoms with Crippen molar-refractivity contribution in [3.8, 4) is 23.0 Å². The van der Waals surface area contributed by atoms with Gasteiger partial charge in [-0.15, -0.1) is 0 Å². The molecule has 2 saturated heterocycles. The highest BCUT2D eigenvalue weighted by molar-refractivity contribution is 5.78. The number of rotatable bonds is 10. The summed E-state index contributed by atoms with van der Waals surface area (Å²) in [6.45, 7) is 5.71. The van der Waals surface area contributed by atoms with E-state index >= 15 is 0 Å². The fourth-order valence-electron chi connectivity index (χ4n) is 7.20. The zero-order chi connectivity index (χ0) is 34.6. The monoisotopic (exact) mass is 690 g/mol. The van der Waals surface area contributed by atoms with Crippen molar-refractivity contribution in [2.24, 2.45) is 0 Å². The fraction of sp³-hybridized carbons (Fsp3) is 0.350. The Morgan fingerprint density at radius 2 is 0.902 bits per heavy atom. The summed E-state index contributed by atoms with van der Waals surface area (Å²) in [6, 6.07) is 31.9. The summed E-state index contributed by atoms with van der Waals surface area (Å²) < 4.78 is 29.5. The van der Waals surface area contributed by atoms with Crippen LogP contribution >= 0.6 is 0 Å². The third kappa shape index (κ3) is 7.39. The lowest BCUT2D eigenvalue weighted by Gasteiger charge is -2.37. The zero-order valence-electron chi connectivity index (χ0n) is 28.5. The van der Waals surface area contributed by atoms with Crippen LogP contribution in [0.15, 0.2) is 97.1 Å². The van der Waals surface area contributed by atoms with Crippen molar-refractivity contribution < 1.29 is 33.3 Å². The van der Waals surface area contributed by atoms with Crippen LogP contribution in [0.5, 0.6) is 23.0 Å². The smallest absolute Gasteiger partial charge is 0.231 e. The maximum Gasteiger partial charge on any atom is 0.231 e. The number of hydrogen-bond acceptors (Lipinski definition) is 9. The molecule has 2 fully saturated rings. The molecule has 264 valence electrons. The van der Waals surface area contributed by atoms with Gasteiger partial charge in [-0.1, -0.05) is 48.5 Å². The van der Waals surface area contributed by atoms with Crippen molar-refractivity contribution in [2.45, 2.75) is 25.0 Å². The van der Waals surface area contributed by atoms with Gasteiger partial charge in [0.05, 0.1) is 25.0 Å². The van der Waals surface area contributed by atoms with E-state index in [9.17, 15) is 9.59 Å². The van der Waals surface area contributed by atoms with Crippen LogP contribution < -0.4 is 28.7 Å². The van der Waals surface area contributed by atoms with Crippen molar-refractivity contribution >= 4 is 23.2 Å². The van der Waals surface area contributed by atoms with Crippen molar-refractivity contribution in [1.29, 1.82) is 0 Å². The lowest BCUT2D eigenvalue weighted by atomic mass is 10.0. The van der Waals surface area contributed by atoms with E-state index in [0.29, 0.717) is 49.2 Å². The Hall–Kier alpha value is -5.42. The first kappa shape index (κ1) is 32.8. The predicted molar refractivity (Wildman–Crippen MR) is 191 cm³/mol. The van der Waals surface area contributed by atoms with E-state index in [2.05, 4.69) is 34.1 Å². The third-order valence-corrected chi connectivity index (χ3v) is 10.1. The summed E-state index contributed by atoms with van der Waals surface area (Å²) >= 11 is 0. The zero-order valence-corrected chi connectivity index (χ0v) is 28.5. The van der Waals surface area contributed by atoms with Gasteiger partial charge in [0.15, 0.2) is 23.0 Å². The second-order valence-electron chi connectivity index (χ2n) is 13.2. The Labute approximate surface area is 297 Å². The van der Waals surface area contributed by atoms with Crippen molar-refractivity contribution in [3.63, 3.8) is 0 Å². The summed E-state index contributed by atoms with van der Waals surface area (Å²) in [5.74, 6) is 2.52. The number of piperazine rings is 2. The molecule has 4 aromatic carbocycles. The summed E-state index contributed by atoms with van der Waals surface area (Å²) in [6.07, 6.45) is -1.10. The number of nitrogens with zero attached hydrogens (tertiary/aromatic N) is 4. The lowest BCUT2D eigenvalue weighted by Crippen LogP contribution is -2.49. The minimum Gasteiger partial charge on any atom is -0.454 e. The van der Waals surface area contributed by atoms with E-state index in [-0.39, 0.29) is 38.2 Å². The van der Waals surface area contributed by atoms with E-state index < -0.39 is 12.2 Å². The molecule has 0 spiro atoms. The van der Waals surface area contributed by atoms with Crippen LogP contribution in [0.4, 0.5) is 11.4 Å². The second-order valence-corrected chi connectivity index (χ2v) is 13.2. The number of fused-ring (bicyclic) bond motifs is 2. The van der Waals surface area contributed by atoms with Crippen LogP contribution in [0, 0.1) is 0 Å². The Morgan fingerprint density at radius 3 is 1.31 bits per heavy atom. The van der Waals surface area contributed by atoms with Gasteiger partial charge in [0.25, 0.3) is 0 Å². The average molecular weight is 691 g/mol. The first-order valence-corrected chi connectivity index (χ1v) is 17.7. The van der Waals surface area contributed by atoms with Crippen molar-refractivity contribution in [3.05, 3.63) is 108 Å². The minimum atomic E-state index is -0.655. The molecule has 51 heavy (non-hydrogen) atoms. The Kier molecular flexibility index (Phi) is 9.52. The Balaban J connectivity index is 1.02. The van der Waals surface area contributed by atoms with Crippen molar-refractivity contribution in [1.82, 2.24) is 9.80 Å². The molecule has 11 heteroatoms. The summed E-state index contributed by atoms with van der Waals surface area (Å²) in [7, 11) is 0. The minimum absolute atomic E-state index is 0.00169. The number of ether oxygens (including phenoxy) is 5. The molecule has 0 saturated carbocycles. The van der Waals surface area contributed by atoms with Gasteiger partial charge >= 0.3 is 0 Å². The fourth-order valence-corrected chi connectivity index (χ4v) is 7.20. The van der Waals surface area contributed by atoms with Crippen LogP contribution in [0.25, 0.3) is 0 Å². The molecule has 8 rings (SSSR count). The first-order chi connectivity index (χ1) is 25.1. The lowest BCUT2D eigenvalue weighted by molar-refractivity contribution is -0.139. The average Bonchev–Trinajstić information content (AvgIpc) is 3.87. The molecule has 0 bridgehead atoms. The molecule has 4 heterocycles. The van der Waals surface area contributed by atoms with Gasteiger partial charge in [0.2, 0.25) is 25.4 Å². The molecule has 2 atom stereocenters. The van der Waals surface area contributed by atoms with Crippen molar-refractivity contribution in [2.75, 3.05) is 75.7 Å². The van der Waals surface area contributed by atoms with Crippen LogP contribution in [0.3, 0.4) is 0 Å². The molecule has 0 aliphatic carbocycles. The highest BCUT2D eigenvalue weighted by Crippen LogP contribution is 2.41. The first-order valence-electron chi connectivity index (χ1n) is 17.7. The van der Waals surface area contributed by atoms with E-state index in [1.54, 1.807) is 0 Å². The van der Waals surface area contributed by atoms with E-state index in [4.69, 9.17) is 23.7 Å². The third-order valence-electron chi connectivity index (χ3n) is 10.1. The highest BCUT2D eigenvalue weighted by atomic mass is 16.7. The molecule has 0 N–H and O–H groups in total. The molecule has 0 aromatic heterocycles. The molecular weight excluding hydrogens is 648 g/mol. The molecule has 2 unspecified atom stereocenters. The highest BCUT2D eigenvalue weighted by Gasteiger charge is 2.32. The summed E-state index contributed by atoms with van der Waals surface area (Å²) in [5.41, 5.74) is 3.88. The van der Waals surface area contributed by atoms with Crippen LogP contribution in [-0.4, -0.2) is 87.6 Å². The van der Waals surface area contributed by atoms with Crippen LogP contribution in [-0.2, 0) is 14.3 Å². The van der Waals surface area contributed by atoms with E-state index in [0.717, 1.165) is 48.7 Å². The molecule has 2 amide bonds. The standard InChI is InChI=1S/C40H42N4O7/c45-39(43-19-15-41(16-20-43)31-7-3-1-4-8-31)25-35(29-11-13-33-37(23-29)49-27-47-33)51-36(30-12-14-34-38(24-30)50-28-48-34)26-40(46)44-21-17-42(18-22-44)32-9-5-2-6-10-32/h1-14,23-24,35-36H,15-22,25-28H2. The second kappa shape index (κ2) is 14.8. The maximum absolute atomic E-state index is 14.0. The van der Waals surface area contributed by atoms with Crippen LogP contribution in [0.1, 0.15) is 36.2 Å². The number of benzene rings is 4. The van der Waals surface area contributed by atoms with Gasteiger partial charge < -0.3 is 43.3 Å². The number of carbonyl (C=O) groups excluding carboxylic acids is 2. The van der Waals surface area contributed by atoms with Gasteiger partial charge in [-0.3, -0.25) is 9.59 Å². The Bertz CT molecular complexity index is 1690. The summed E-state index contributed by atoms with van der Waals surface area (Å²) in [4.78, 5) is 36.4. The molecule has 0 radical (unpaired) electrons. The van der Waals surface area contributed by atoms with Gasteiger partial charge in [0, 0.05) is 63.7 Å². The topological polar surface area (TPSA) is 93.3 Å². The van der Waals surface area contributed by atoms with E-state index in [1.807, 2.05) is 82.6 Å². The molecular formula is C40H42N4O7. The molecule has 4 aromatic rings. The van der Waals surface area contributed by atoms with Gasteiger partial charge in [-0.25, -0.2) is 0 Å². The number of para-hydroxylation sites is 2. The van der Waals surface area contributed by atoms with Gasteiger partial charge in [0.1, 0.15) is 0 Å². The molecule has 11 nitrogen and oxygen atoms in total. The number of amides is 2. The SMILES string of the molecule is O=C(CC(OC(CC(=O)N1CCN(c2ccccc2)CC1)c1ccc2c(c1)OCO2)c1ccc2c(c1)OCO2)N1CCN(c2ccccc2)CC1. The van der Waals surface area contributed by atoms with E-state index in [1.165, 1.54) is 0 Å². The predicted octanol–water partition coefficient (Wildman–Crippen LogP) is 5.42.